The van der Waals surface area contributed by atoms with Crippen LogP contribution in [0.25, 0.3) is 0 Å². The van der Waals surface area contributed by atoms with Crippen molar-refractivity contribution in [3.05, 3.63) is 0 Å². The van der Waals surface area contributed by atoms with Crippen molar-refractivity contribution in [2.45, 2.75) is 67.4 Å². The molecule has 10 aliphatic heterocycles. The summed E-state index contributed by atoms with van der Waals surface area (Å²) in [5.41, 5.74) is 0. The van der Waals surface area contributed by atoms with Crippen molar-refractivity contribution >= 4 is 17.5 Å². The molecule has 0 aromatic heterocycles. The van der Waals surface area contributed by atoms with E-state index in [9.17, 15) is 14.4 Å². The maximum atomic E-state index is 12.9. The number of carbonyl (C=O) groups excluding carboxylic acids is 3. The Morgan fingerprint density at radius 2 is 1.43 bits per heavy atom. The first kappa shape index (κ1) is 10.3. The summed E-state index contributed by atoms with van der Waals surface area (Å²) >= 11 is 0. The maximum absolute atomic E-state index is 12.9. The van der Waals surface area contributed by atoms with Crippen molar-refractivity contribution in [2.75, 3.05) is 7.11 Å². The second kappa shape index (κ2) is 0.991. The van der Waals surface area contributed by atoms with Gasteiger partial charge in [0.1, 0.15) is 0 Å². The monoisotopic (exact) mass is 356 g/mol. The molecule has 8 unspecified atom stereocenters. The van der Waals surface area contributed by atoms with Crippen LogP contribution < -0.4 is 0 Å². The Morgan fingerprint density at radius 3 is 1.78 bits per heavy atom. The number of ketones is 2. The van der Waals surface area contributed by atoms with E-state index in [0.717, 1.165) is 45.0 Å². The van der Waals surface area contributed by atoms with E-state index in [0.29, 0.717) is 4.31 Å². The topological polar surface area (TPSA) is 60.4 Å². The van der Waals surface area contributed by atoms with Crippen LogP contribution >= 0.6 is 0 Å². The van der Waals surface area contributed by atoms with Gasteiger partial charge in [-0.1, -0.05) is 0 Å². The molecule has 10 saturated heterocycles. The van der Waals surface area contributed by atoms with E-state index in [4.69, 9.17) is 4.74 Å². The molecule has 0 aromatic rings. The summed E-state index contributed by atoms with van der Waals surface area (Å²) in [6, 6.07) is 0. The van der Waals surface area contributed by atoms with Gasteiger partial charge in [0.05, 0.1) is 0 Å². The van der Waals surface area contributed by atoms with Crippen LogP contribution in [0.1, 0.15) is 20.3 Å². The van der Waals surface area contributed by atoms with Gasteiger partial charge in [0, 0.05) is 0 Å². The predicted molar refractivity (Wildman–Crippen MR) is 76.9 cm³/mol. The molecule has 0 aromatic carbocycles. The fourth-order valence-electron chi connectivity index (χ4n) is 19.2. The number of esters is 1. The number of methoxy groups -OCH3 is 1. The van der Waals surface area contributed by atoms with Crippen LogP contribution in [0.4, 0.5) is 0 Å². The van der Waals surface area contributed by atoms with Crippen molar-refractivity contribution in [2.24, 2.45) is 5.92 Å². The molecule has 0 bridgehead atoms. The first-order valence-corrected chi connectivity index (χ1v) is 15.2. The van der Waals surface area contributed by atoms with E-state index in [2.05, 4.69) is 0 Å². The molecule has 8 atom stereocenters. The van der Waals surface area contributed by atoms with Crippen molar-refractivity contribution in [1.82, 2.24) is 0 Å². The van der Waals surface area contributed by atoms with Gasteiger partial charge < -0.3 is 0 Å². The van der Waals surface area contributed by atoms with E-state index in [1.807, 2.05) is 0 Å². The number of Topliss-reactive ketones (excluding diaryl/α,β-unsaturated/α-hetero) is 2. The van der Waals surface area contributed by atoms with Gasteiger partial charge in [0.2, 0.25) is 0 Å². The third-order valence-corrected chi connectivity index (χ3v) is 60.4. The van der Waals surface area contributed by atoms with Gasteiger partial charge in [-0.05, 0) is 0 Å². The summed E-state index contributed by atoms with van der Waals surface area (Å²) in [5, 5.41) is 0. The van der Waals surface area contributed by atoms with E-state index >= 15 is 0 Å². The van der Waals surface area contributed by atoms with Gasteiger partial charge >= 0.3 is 124 Å². The SMILES string of the molecule is COC(=O)[C]12[CH]3[CH]4[CH]5[CH]1[Fe]45321678[CH]2[CH]1[CH]6[C]7(CC(C(C)=O)C(C)=O)[CH]28. The molecule has 0 radical (unpaired) electrons. The third kappa shape index (κ3) is 0.131. The summed E-state index contributed by atoms with van der Waals surface area (Å²) < 4.78 is 5.81. The Hall–Kier alpha value is -0.671. The van der Waals surface area contributed by atoms with Gasteiger partial charge in [-0.2, -0.15) is 0 Å². The molecule has 0 aliphatic carbocycles. The zero-order valence-electron chi connectivity index (χ0n) is 13.4. The van der Waals surface area contributed by atoms with Crippen molar-refractivity contribution in [3.8, 4) is 0 Å². The molecular weight excluding hydrogens is 336 g/mol. The van der Waals surface area contributed by atoms with E-state index in [1.165, 1.54) is 0 Å². The standard InChI is InChI=1S/C11H13O2.C7H7O2.Fe/c1-8(12)11(9(2)13)7-10-5-3-4-6-10;1-9-7(8)6-4-2-3-5-6;/h3-6,11H,7H2,1-2H3;2-5H,1H3;. The number of ether oxygens (including phenoxy) is 1. The number of carbonyl (C=O) groups is 3. The molecule has 124 valence electrons. The fourth-order valence-corrected chi connectivity index (χ4v) is 95.6. The fraction of sp³-hybridized carbons (Fsp3) is 0.833. The summed E-state index contributed by atoms with van der Waals surface area (Å²) in [5.74, 6) is -0.115. The molecule has 10 rings (SSSR count). The van der Waals surface area contributed by atoms with Crippen LogP contribution in [-0.4, -0.2) is 24.6 Å². The molecule has 0 amide bonds. The summed E-state index contributed by atoms with van der Waals surface area (Å²) in [6.07, 6.45) is 0.840. The van der Waals surface area contributed by atoms with Crippen LogP contribution in [0.3, 0.4) is 0 Å². The van der Waals surface area contributed by atoms with Gasteiger partial charge in [-0.15, -0.1) is 0 Å². The molecule has 10 fully saturated rings. The minimum absolute atomic E-state index is 0.0429. The molecule has 10 aliphatic rings. The van der Waals surface area contributed by atoms with Crippen LogP contribution in [0.2, 0.25) is 47.2 Å². The van der Waals surface area contributed by atoms with Crippen LogP contribution in [0.15, 0.2) is 0 Å². The molecule has 1 spiro atoms. The summed E-state index contributed by atoms with van der Waals surface area (Å²) in [4.78, 5) is 44.4. The second-order valence-corrected chi connectivity index (χ2v) is 35.7. The quantitative estimate of drug-likeness (QED) is 0.430. The second-order valence-electron chi connectivity index (χ2n) is 12.4. The molecule has 5 heteroatoms. The Balaban J connectivity index is 1.33. The van der Waals surface area contributed by atoms with Gasteiger partial charge in [0.25, 0.3) is 0 Å². The number of hydrogen-bond acceptors (Lipinski definition) is 4. The molecule has 10 heterocycles. The van der Waals surface area contributed by atoms with Crippen molar-refractivity contribution < 1.29 is 25.6 Å². The zero-order valence-corrected chi connectivity index (χ0v) is 14.5. The first-order chi connectivity index (χ1) is 10.7. The van der Waals surface area contributed by atoms with Gasteiger partial charge in [0.15, 0.2) is 0 Å². The number of fused-ring (bicyclic) bond motifs is 10. The van der Waals surface area contributed by atoms with Crippen molar-refractivity contribution in [3.63, 3.8) is 0 Å². The molecule has 23 heavy (non-hydrogen) atoms. The summed E-state index contributed by atoms with van der Waals surface area (Å²) in [6.45, 7) is -0.674. The number of rotatable bonds is 5. The third-order valence-electron chi connectivity index (χ3n) is 17.1. The molecule has 4 nitrogen and oxygen atoms in total. The normalized spacial score (nSPS) is 94.1. The Bertz CT molecular complexity index is 1260. The Kier molecular flexibility index (Phi) is 0.446. The Labute approximate surface area is 124 Å². The average molecular weight is 356 g/mol. The van der Waals surface area contributed by atoms with Crippen LogP contribution in [0, 0.1) is 5.92 Å². The first-order valence-electron chi connectivity index (χ1n) is 8.96. The zero-order chi connectivity index (χ0) is 15.7. The Morgan fingerprint density at radius 1 is 0.957 bits per heavy atom. The van der Waals surface area contributed by atoms with Crippen molar-refractivity contribution in [1.29, 1.82) is 0 Å². The average Bonchev–Trinajstić information content (AvgIpc) is 3.44. The number of hydrogen-bond donors (Lipinski definition) is 0. The van der Waals surface area contributed by atoms with Gasteiger partial charge in [-0.25, -0.2) is 0 Å². The van der Waals surface area contributed by atoms with Gasteiger partial charge in [-0.3, -0.25) is 0 Å². The molecular formula is C18H20FeO4. The molecule has 0 saturated carbocycles. The van der Waals surface area contributed by atoms with Crippen LogP contribution in [0.5, 0.6) is 0 Å². The molecule has 0 N–H and O–H groups in total. The van der Waals surface area contributed by atoms with E-state index in [1.54, 1.807) is 21.0 Å². The van der Waals surface area contributed by atoms with E-state index in [-0.39, 0.29) is 27.8 Å². The van der Waals surface area contributed by atoms with Crippen LogP contribution in [-0.2, 0) is 25.6 Å². The minimum atomic E-state index is -3.85. The van der Waals surface area contributed by atoms with E-state index < -0.39 is 6.51 Å². The summed E-state index contributed by atoms with van der Waals surface area (Å²) in [7, 11) is 1.58. The predicted octanol–water partition coefficient (Wildman–Crippen LogP) is 3.47.